The molecule has 94 valence electrons. The monoisotopic (exact) mass is 306 g/mol. The Morgan fingerprint density at radius 3 is 2.89 bits per heavy atom. The van der Waals surface area contributed by atoms with Crippen LogP contribution in [0.15, 0.2) is 22.7 Å². The highest BCUT2D eigenvalue weighted by atomic mass is 79.9. The molecule has 0 amide bonds. The number of nitrogens with zero attached hydrogens (tertiary/aromatic N) is 1. The van der Waals surface area contributed by atoms with Crippen LogP contribution >= 0.6 is 15.9 Å². The molecular weight excluding hydrogens is 292 g/mol. The zero-order valence-corrected chi connectivity index (χ0v) is 11.6. The van der Waals surface area contributed by atoms with E-state index in [1.807, 2.05) is 18.2 Å². The molecule has 1 saturated carbocycles. The second kappa shape index (κ2) is 4.91. The normalized spacial score (nSPS) is 26.9. The van der Waals surface area contributed by atoms with Gasteiger partial charge in [-0.15, -0.1) is 0 Å². The molecule has 1 N–H and O–H groups in total. The van der Waals surface area contributed by atoms with E-state index >= 15 is 0 Å². The van der Waals surface area contributed by atoms with E-state index in [0.717, 1.165) is 29.1 Å². The topological polar surface area (TPSA) is 45.0 Å². The second-order valence-corrected chi connectivity index (χ2v) is 5.93. The van der Waals surface area contributed by atoms with Gasteiger partial charge in [-0.1, -0.05) is 15.9 Å². The van der Waals surface area contributed by atoms with Crippen LogP contribution in [0.25, 0.3) is 0 Å². The Morgan fingerprint density at radius 1 is 1.33 bits per heavy atom. The first-order valence-corrected chi connectivity index (χ1v) is 7.15. The molecule has 1 aromatic rings. The van der Waals surface area contributed by atoms with Gasteiger partial charge in [-0.25, -0.2) is 0 Å². The number of ether oxygens (including phenoxy) is 1. The number of hydrogen-bond acceptors (Lipinski definition) is 3. The smallest absolute Gasteiger partial charge is 0.101 e. The molecule has 3 nitrogen and oxygen atoms in total. The van der Waals surface area contributed by atoms with Crippen molar-refractivity contribution in [2.24, 2.45) is 5.92 Å². The molecule has 4 heteroatoms. The van der Waals surface area contributed by atoms with E-state index in [9.17, 15) is 0 Å². The molecule has 1 heterocycles. The van der Waals surface area contributed by atoms with Gasteiger partial charge in [0.25, 0.3) is 0 Å². The summed E-state index contributed by atoms with van der Waals surface area (Å²) in [5.74, 6) is 0.728. The van der Waals surface area contributed by atoms with Gasteiger partial charge in [0, 0.05) is 11.1 Å². The summed E-state index contributed by atoms with van der Waals surface area (Å²) in [5, 5.41) is 12.7. The molecule has 1 aliphatic carbocycles. The summed E-state index contributed by atoms with van der Waals surface area (Å²) in [6, 6.07) is 8.37. The van der Waals surface area contributed by atoms with Crippen molar-refractivity contribution in [1.29, 1.82) is 5.26 Å². The minimum Gasteiger partial charge on any atom is -0.379 e. The Balaban J connectivity index is 1.77. The van der Waals surface area contributed by atoms with E-state index in [-0.39, 0.29) is 0 Å². The van der Waals surface area contributed by atoms with Gasteiger partial charge in [0.1, 0.15) is 6.07 Å². The fourth-order valence-corrected chi connectivity index (χ4v) is 2.95. The molecule has 0 aromatic heterocycles. The first-order valence-electron chi connectivity index (χ1n) is 6.36. The minimum absolute atomic E-state index is 0.334. The van der Waals surface area contributed by atoms with Crippen LogP contribution in [0.4, 0.5) is 5.69 Å². The van der Waals surface area contributed by atoms with Crippen molar-refractivity contribution in [3.05, 3.63) is 28.2 Å². The first kappa shape index (κ1) is 12.0. The molecule has 1 aliphatic heterocycles. The molecule has 2 atom stereocenters. The van der Waals surface area contributed by atoms with E-state index in [2.05, 4.69) is 27.3 Å². The standard InChI is InChI=1S/C14H15BrN2O/c15-11-3-4-12(10(7-11)8-16)17-13-5-6-18-14(13)9-1-2-9/h3-4,7,9,13-14,17H,1-2,5-6H2. The van der Waals surface area contributed by atoms with Gasteiger partial charge >= 0.3 is 0 Å². The number of benzene rings is 1. The molecule has 0 radical (unpaired) electrons. The van der Waals surface area contributed by atoms with Gasteiger partial charge in [0.15, 0.2) is 0 Å². The fraction of sp³-hybridized carbons (Fsp3) is 0.500. The van der Waals surface area contributed by atoms with E-state index < -0.39 is 0 Å². The van der Waals surface area contributed by atoms with Crippen molar-refractivity contribution in [2.45, 2.75) is 31.4 Å². The number of rotatable bonds is 3. The van der Waals surface area contributed by atoms with E-state index in [4.69, 9.17) is 10.00 Å². The molecule has 3 rings (SSSR count). The molecule has 1 saturated heterocycles. The van der Waals surface area contributed by atoms with Gasteiger partial charge in [0.2, 0.25) is 0 Å². The van der Waals surface area contributed by atoms with Crippen LogP contribution in [0.1, 0.15) is 24.8 Å². The van der Waals surface area contributed by atoms with Crippen LogP contribution in [0.5, 0.6) is 0 Å². The van der Waals surface area contributed by atoms with Crippen LogP contribution in [0.2, 0.25) is 0 Å². The second-order valence-electron chi connectivity index (χ2n) is 5.01. The molecule has 18 heavy (non-hydrogen) atoms. The maximum atomic E-state index is 9.16. The summed E-state index contributed by atoms with van der Waals surface area (Å²) in [6.45, 7) is 0.831. The van der Waals surface area contributed by atoms with Crippen LogP contribution in [0, 0.1) is 17.2 Å². The number of nitrogens with one attached hydrogen (secondary N) is 1. The van der Waals surface area contributed by atoms with Crippen molar-refractivity contribution < 1.29 is 4.74 Å². The third-order valence-corrected chi connectivity index (χ3v) is 4.16. The Labute approximate surface area is 115 Å². The molecule has 2 fully saturated rings. The summed E-state index contributed by atoms with van der Waals surface area (Å²) in [7, 11) is 0. The Morgan fingerprint density at radius 2 is 2.17 bits per heavy atom. The summed E-state index contributed by atoms with van der Waals surface area (Å²) < 4.78 is 6.74. The highest BCUT2D eigenvalue weighted by molar-refractivity contribution is 9.10. The Hall–Kier alpha value is -1.05. The lowest BCUT2D eigenvalue weighted by molar-refractivity contribution is 0.0898. The van der Waals surface area contributed by atoms with E-state index in [1.165, 1.54) is 12.8 Å². The summed E-state index contributed by atoms with van der Waals surface area (Å²) in [6.07, 6.45) is 3.94. The lowest BCUT2D eigenvalue weighted by Crippen LogP contribution is -2.31. The third kappa shape index (κ3) is 2.38. The van der Waals surface area contributed by atoms with Crippen molar-refractivity contribution in [3.63, 3.8) is 0 Å². The zero-order valence-electron chi connectivity index (χ0n) is 10.0. The molecular formula is C14H15BrN2O. The van der Waals surface area contributed by atoms with Gasteiger partial charge in [0.05, 0.1) is 23.4 Å². The van der Waals surface area contributed by atoms with Gasteiger partial charge in [-0.3, -0.25) is 0 Å². The molecule has 2 unspecified atom stereocenters. The number of nitriles is 1. The quantitative estimate of drug-likeness (QED) is 0.932. The largest absolute Gasteiger partial charge is 0.379 e. The average Bonchev–Trinajstić information content (AvgIpc) is 3.12. The van der Waals surface area contributed by atoms with Crippen molar-refractivity contribution in [1.82, 2.24) is 0 Å². The third-order valence-electron chi connectivity index (χ3n) is 3.67. The van der Waals surface area contributed by atoms with Crippen LogP contribution < -0.4 is 5.32 Å². The average molecular weight is 307 g/mol. The lowest BCUT2D eigenvalue weighted by atomic mass is 10.0. The van der Waals surface area contributed by atoms with Crippen LogP contribution in [-0.4, -0.2) is 18.8 Å². The van der Waals surface area contributed by atoms with Crippen LogP contribution in [-0.2, 0) is 4.74 Å². The predicted molar refractivity (Wildman–Crippen MR) is 73.3 cm³/mol. The van der Waals surface area contributed by atoms with Crippen LogP contribution in [0.3, 0.4) is 0 Å². The van der Waals surface area contributed by atoms with Crippen molar-refractivity contribution >= 4 is 21.6 Å². The highest BCUT2D eigenvalue weighted by Crippen LogP contribution is 2.39. The lowest BCUT2D eigenvalue weighted by Gasteiger charge is -2.21. The Bertz CT molecular complexity index is 493. The first-order chi connectivity index (χ1) is 8.78. The predicted octanol–water partition coefficient (Wildman–Crippen LogP) is 3.30. The zero-order chi connectivity index (χ0) is 12.5. The number of anilines is 1. The van der Waals surface area contributed by atoms with E-state index in [1.54, 1.807) is 0 Å². The SMILES string of the molecule is N#Cc1cc(Br)ccc1NC1CCOC1C1CC1. The van der Waals surface area contributed by atoms with Gasteiger partial charge in [-0.05, 0) is 43.4 Å². The summed E-state index contributed by atoms with van der Waals surface area (Å²) in [4.78, 5) is 0. The number of hydrogen-bond donors (Lipinski definition) is 1. The van der Waals surface area contributed by atoms with Gasteiger partial charge < -0.3 is 10.1 Å². The molecule has 1 aromatic carbocycles. The van der Waals surface area contributed by atoms with Crippen molar-refractivity contribution in [2.75, 3.05) is 11.9 Å². The summed E-state index contributed by atoms with van der Waals surface area (Å²) in [5.41, 5.74) is 1.60. The fourth-order valence-electron chi connectivity index (χ4n) is 2.59. The minimum atomic E-state index is 0.334. The van der Waals surface area contributed by atoms with Gasteiger partial charge in [-0.2, -0.15) is 5.26 Å². The maximum absolute atomic E-state index is 9.16. The summed E-state index contributed by atoms with van der Waals surface area (Å²) >= 11 is 3.39. The molecule has 2 aliphatic rings. The highest BCUT2D eigenvalue weighted by Gasteiger charge is 2.40. The number of halogens is 1. The maximum Gasteiger partial charge on any atom is 0.101 e. The molecule has 0 spiro atoms. The molecule has 0 bridgehead atoms. The van der Waals surface area contributed by atoms with E-state index in [0.29, 0.717) is 17.7 Å². The Kier molecular flexibility index (Phi) is 3.27. The van der Waals surface area contributed by atoms with Crippen molar-refractivity contribution in [3.8, 4) is 6.07 Å².